The molecule has 11 heteroatoms. The van der Waals surface area contributed by atoms with Gasteiger partial charge in [-0.2, -0.15) is 5.10 Å². The van der Waals surface area contributed by atoms with Crippen LogP contribution >= 0.6 is 0 Å². The fourth-order valence-electron chi connectivity index (χ4n) is 3.11. The van der Waals surface area contributed by atoms with E-state index in [1.165, 1.54) is 58.4 Å². The monoisotopic (exact) mass is 504 g/mol. The maximum absolute atomic E-state index is 13.8. The summed E-state index contributed by atoms with van der Waals surface area (Å²) in [5, 5.41) is 6.72. The van der Waals surface area contributed by atoms with Crippen molar-refractivity contribution in [1.82, 2.24) is 14.7 Å². The van der Waals surface area contributed by atoms with Crippen molar-refractivity contribution in [3.63, 3.8) is 0 Å². The Balaban J connectivity index is 1.37. The van der Waals surface area contributed by atoms with Crippen LogP contribution < -0.4 is 14.8 Å². The molecule has 0 unspecified atom stereocenters. The van der Waals surface area contributed by atoms with Crippen LogP contribution in [0.1, 0.15) is 24.0 Å². The number of carbonyl (C=O) groups is 2. The van der Waals surface area contributed by atoms with Crippen molar-refractivity contribution >= 4 is 17.5 Å². The van der Waals surface area contributed by atoms with Gasteiger partial charge in [-0.3, -0.25) is 14.3 Å². The first-order chi connectivity index (χ1) is 17.2. The highest BCUT2D eigenvalue weighted by Crippen LogP contribution is 2.21. The van der Waals surface area contributed by atoms with Gasteiger partial charge in [0.05, 0.1) is 31.5 Å². The zero-order valence-corrected chi connectivity index (χ0v) is 19.9. The third-order valence-electron chi connectivity index (χ3n) is 5.14. The summed E-state index contributed by atoms with van der Waals surface area (Å²) in [5.74, 6) is -0.548. The molecule has 192 valence electrons. The molecule has 0 atom stereocenters. The maximum atomic E-state index is 13.8. The number of ether oxygens (including phenoxy) is 2. The van der Waals surface area contributed by atoms with Crippen LogP contribution in [-0.2, 0) is 16.1 Å². The number of anilines is 1. The van der Waals surface area contributed by atoms with Crippen LogP contribution in [0.25, 0.3) is 0 Å². The summed E-state index contributed by atoms with van der Waals surface area (Å²) in [5.41, 5.74) is 1.09. The molecular formula is C25H27F3N4O4. The summed E-state index contributed by atoms with van der Waals surface area (Å²) in [6, 6.07) is 10.1. The molecule has 0 aliphatic carbocycles. The van der Waals surface area contributed by atoms with Gasteiger partial charge < -0.3 is 19.7 Å². The van der Waals surface area contributed by atoms with Crippen molar-refractivity contribution in [2.75, 3.05) is 32.1 Å². The number of rotatable bonds is 12. The predicted octanol–water partition coefficient (Wildman–Crippen LogP) is 4.21. The second-order valence-corrected chi connectivity index (χ2v) is 8.04. The maximum Gasteiger partial charge on any atom is 0.263 e. The summed E-state index contributed by atoms with van der Waals surface area (Å²) in [4.78, 5) is 26.0. The molecule has 0 aliphatic rings. The molecule has 1 N–H and O–H groups in total. The molecule has 0 saturated carbocycles. The Morgan fingerprint density at radius 1 is 1.11 bits per heavy atom. The third-order valence-corrected chi connectivity index (χ3v) is 5.14. The third kappa shape index (κ3) is 8.03. The second kappa shape index (κ2) is 12.6. The Hall–Kier alpha value is -4.02. The topological polar surface area (TPSA) is 85.7 Å². The standard InChI is InChI=1S/C25H27F3N4O4/c1-17-3-8-22(21(26)13-17)36-11-9-23(33)30-19-14-29-32(15-19)16-24(34)31(2)10-12-35-20-6-4-18(5-7-20)25(27)28/h3-8,13-15,25H,9-12,16H2,1-2H3,(H,30,33). The smallest absolute Gasteiger partial charge is 0.263 e. The molecule has 3 aromatic rings. The first-order valence-electron chi connectivity index (χ1n) is 11.2. The normalized spacial score (nSPS) is 10.8. The highest BCUT2D eigenvalue weighted by Gasteiger charge is 2.13. The van der Waals surface area contributed by atoms with E-state index in [4.69, 9.17) is 9.47 Å². The molecular weight excluding hydrogens is 477 g/mol. The lowest BCUT2D eigenvalue weighted by Gasteiger charge is -2.17. The van der Waals surface area contributed by atoms with Crippen LogP contribution in [-0.4, -0.2) is 53.3 Å². The number of likely N-dealkylation sites (N-methyl/N-ethyl adjacent to an activating group) is 1. The Kier molecular flexibility index (Phi) is 9.32. The van der Waals surface area contributed by atoms with Gasteiger partial charge in [0.1, 0.15) is 18.9 Å². The molecule has 8 nitrogen and oxygen atoms in total. The van der Waals surface area contributed by atoms with E-state index in [9.17, 15) is 22.8 Å². The van der Waals surface area contributed by atoms with Gasteiger partial charge in [0, 0.05) is 18.8 Å². The number of nitrogens with zero attached hydrogens (tertiary/aromatic N) is 3. The van der Waals surface area contributed by atoms with Crippen molar-refractivity contribution in [3.05, 3.63) is 71.8 Å². The number of alkyl halides is 2. The van der Waals surface area contributed by atoms with Gasteiger partial charge in [0.15, 0.2) is 11.6 Å². The molecule has 2 amide bonds. The van der Waals surface area contributed by atoms with Crippen LogP contribution in [0.15, 0.2) is 54.9 Å². The average molecular weight is 505 g/mol. The predicted molar refractivity (Wildman–Crippen MR) is 127 cm³/mol. The van der Waals surface area contributed by atoms with Crippen molar-refractivity contribution in [1.29, 1.82) is 0 Å². The van der Waals surface area contributed by atoms with E-state index in [1.807, 2.05) is 0 Å². The number of aryl methyl sites for hydroxylation is 1. The summed E-state index contributed by atoms with van der Waals surface area (Å²) >= 11 is 0. The number of benzene rings is 2. The number of carbonyl (C=O) groups excluding carboxylic acids is 2. The van der Waals surface area contributed by atoms with Crippen molar-refractivity contribution in [2.24, 2.45) is 0 Å². The Morgan fingerprint density at radius 2 is 1.86 bits per heavy atom. The SMILES string of the molecule is Cc1ccc(OCCC(=O)Nc2cnn(CC(=O)N(C)CCOc3ccc(C(F)F)cc3)c2)c(F)c1. The van der Waals surface area contributed by atoms with Gasteiger partial charge in [0.25, 0.3) is 6.43 Å². The highest BCUT2D eigenvalue weighted by molar-refractivity contribution is 5.90. The minimum Gasteiger partial charge on any atom is -0.492 e. The largest absolute Gasteiger partial charge is 0.492 e. The fraction of sp³-hybridized carbons (Fsp3) is 0.320. The quantitative estimate of drug-likeness (QED) is 0.399. The van der Waals surface area contributed by atoms with Crippen LogP contribution in [0.5, 0.6) is 11.5 Å². The number of nitrogens with one attached hydrogen (secondary N) is 1. The second-order valence-electron chi connectivity index (χ2n) is 8.04. The summed E-state index contributed by atoms with van der Waals surface area (Å²) < 4.78 is 51.1. The first-order valence-corrected chi connectivity index (χ1v) is 11.2. The molecule has 0 radical (unpaired) electrons. The number of halogens is 3. The zero-order valence-electron chi connectivity index (χ0n) is 19.9. The Morgan fingerprint density at radius 3 is 2.56 bits per heavy atom. The number of aromatic nitrogens is 2. The van der Waals surface area contributed by atoms with Gasteiger partial charge >= 0.3 is 0 Å². The van der Waals surface area contributed by atoms with E-state index in [-0.39, 0.29) is 55.9 Å². The molecule has 36 heavy (non-hydrogen) atoms. The molecule has 2 aromatic carbocycles. The van der Waals surface area contributed by atoms with E-state index < -0.39 is 12.2 Å². The summed E-state index contributed by atoms with van der Waals surface area (Å²) in [6.45, 7) is 2.18. The number of hydrogen-bond acceptors (Lipinski definition) is 5. The number of hydrogen-bond donors (Lipinski definition) is 1. The van der Waals surface area contributed by atoms with E-state index >= 15 is 0 Å². The minimum absolute atomic E-state index is 0.00165. The summed E-state index contributed by atoms with van der Waals surface area (Å²) in [7, 11) is 1.61. The van der Waals surface area contributed by atoms with Gasteiger partial charge in [-0.25, -0.2) is 13.2 Å². The van der Waals surface area contributed by atoms with Crippen molar-refractivity contribution < 1.29 is 32.2 Å². The van der Waals surface area contributed by atoms with Gasteiger partial charge in [0.2, 0.25) is 11.8 Å². The molecule has 1 aromatic heterocycles. The minimum atomic E-state index is -2.54. The lowest BCUT2D eigenvalue weighted by Crippen LogP contribution is -2.33. The van der Waals surface area contributed by atoms with Gasteiger partial charge in [-0.1, -0.05) is 6.07 Å². The van der Waals surface area contributed by atoms with E-state index in [1.54, 1.807) is 20.0 Å². The Bertz CT molecular complexity index is 1170. The lowest BCUT2D eigenvalue weighted by atomic mass is 10.2. The molecule has 0 spiro atoms. The molecule has 3 rings (SSSR count). The number of amides is 2. The fourth-order valence-corrected chi connectivity index (χ4v) is 3.11. The van der Waals surface area contributed by atoms with E-state index in [0.717, 1.165) is 5.56 Å². The van der Waals surface area contributed by atoms with Crippen LogP contribution in [0.2, 0.25) is 0 Å². The lowest BCUT2D eigenvalue weighted by molar-refractivity contribution is -0.131. The van der Waals surface area contributed by atoms with Crippen LogP contribution in [0.4, 0.5) is 18.9 Å². The molecule has 1 heterocycles. The average Bonchev–Trinajstić information content (AvgIpc) is 3.27. The molecule has 0 saturated heterocycles. The zero-order chi connectivity index (χ0) is 26.1. The summed E-state index contributed by atoms with van der Waals surface area (Å²) in [6.07, 6.45) is 0.400. The highest BCUT2D eigenvalue weighted by atomic mass is 19.3. The van der Waals surface area contributed by atoms with Gasteiger partial charge in [-0.05, 0) is 48.9 Å². The van der Waals surface area contributed by atoms with Crippen LogP contribution in [0.3, 0.4) is 0 Å². The molecule has 0 bridgehead atoms. The van der Waals surface area contributed by atoms with Crippen molar-refractivity contribution in [3.8, 4) is 11.5 Å². The van der Waals surface area contributed by atoms with Crippen LogP contribution in [0, 0.1) is 12.7 Å². The van der Waals surface area contributed by atoms with Crippen molar-refractivity contribution in [2.45, 2.75) is 26.3 Å². The molecule has 0 aliphatic heterocycles. The van der Waals surface area contributed by atoms with E-state index in [0.29, 0.717) is 11.4 Å². The van der Waals surface area contributed by atoms with Gasteiger partial charge in [-0.15, -0.1) is 0 Å². The Labute approximate surface area is 206 Å². The molecule has 0 fully saturated rings. The van der Waals surface area contributed by atoms with E-state index in [2.05, 4.69) is 10.4 Å². The first kappa shape index (κ1) is 26.6.